The minimum Gasteiger partial charge on any atom is -0.414 e. The molecule has 1 heterocycles. The molecule has 0 radical (unpaired) electrons. The van der Waals surface area contributed by atoms with Crippen molar-refractivity contribution in [1.29, 1.82) is 0 Å². The van der Waals surface area contributed by atoms with Crippen molar-refractivity contribution in [2.75, 3.05) is 0 Å². The molecule has 0 amide bonds. The first-order valence-electron chi connectivity index (χ1n) is 9.94. The van der Waals surface area contributed by atoms with Gasteiger partial charge >= 0.3 is 0 Å². The van der Waals surface area contributed by atoms with Crippen molar-refractivity contribution in [2.24, 2.45) is 0 Å². The zero-order valence-electron chi connectivity index (χ0n) is 15.1. The van der Waals surface area contributed by atoms with E-state index in [2.05, 4.69) is 20.8 Å². The van der Waals surface area contributed by atoms with Gasteiger partial charge in [0.05, 0.1) is 0 Å². The van der Waals surface area contributed by atoms with Crippen LogP contribution < -0.4 is 0 Å². The molecule has 0 spiro atoms. The molecule has 0 aromatic heterocycles. The van der Waals surface area contributed by atoms with Crippen molar-refractivity contribution in [3.05, 3.63) is 0 Å². The number of rotatable bonds is 13. The first-order valence-corrected chi connectivity index (χ1v) is 12.5. The summed E-state index contributed by atoms with van der Waals surface area (Å²) in [6, 6.07) is 4.25. The third-order valence-corrected chi connectivity index (χ3v) is 9.99. The first kappa shape index (κ1) is 19.2. The SMILES string of the molecule is CCCCCCCC(CCCCC)O[Si]1(CC)CCCC1. The third-order valence-electron chi connectivity index (χ3n) is 5.34. The fraction of sp³-hybridized carbons (Fsp3) is 1.00. The van der Waals surface area contributed by atoms with Crippen LogP contribution in [0.3, 0.4) is 0 Å². The molecule has 1 saturated heterocycles. The quantitative estimate of drug-likeness (QED) is 0.261. The summed E-state index contributed by atoms with van der Waals surface area (Å²) >= 11 is 0. The Bertz CT molecular complexity index is 236. The Labute approximate surface area is 135 Å². The van der Waals surface area contributed by atoms with Gasteiger partial charge in [-0.3, -0.25) is 0 Å². The van der Waals surface area contributed by atoms with Crippen molar-refractivity contribution in [2.45, 2.75) is 122 Å². The average molecular weight is 313 g/mol. The van der Waals surface area contributed by atoms with Crippen LogP contribution >= 0.6 is 0 Å². The minimum atomic E-state index is -1.30. The van der Waals surface area contributed by atoms with Gasteiger partial charge in [0.15, 0.2) is 8.32 Å². The predicted molar refractivity (Wildman–Crippen MR) is 97.5 cm³/mol. The van der Waals surface area contributed by atoms with E-state index in [9.17, 15) is 0 Å². The van der Waals surface area contributed by atoms with Crippen molar-refractivity contribution < 1.29 is 4.43 Å². The van der Waals surface area contributed by atoms with Crippen LogP contribution in [0.4, 0.5) is 0 Å². The van der Waals surface area contributed by atoms with Crippen molar-refractivity contribution in [1.82, 2.24) is 0 Å². The summed E-state index contributed by atoms with van der Waals surface area (Å²) in [5.41, 5.74) is 0. The molecule has 1 atom stereocenters. The standard InChI is InChI=1S/C19H40OSi/c1-4-7-9-10-12-16-19(15-11-8-5-2)20-21(6-3)17-13-14-18-21/h19H,4-18H2,1-3H3. The monoisotopic (exact) mass is 312 g/mol. The van der Waals surface area contributed by atoms with Crippen molar-refractivity contribution in [3.8, 4) is 0 Å². The highest BCUT2D eigenvalue weighted by molar-refractivity contribution is 6.74. The van der Waals surface area contributed by atoms with Crippen LogP contribution in [-0.2, 0) is 4.43 Å². The first-order chi connectivity index (χ1) is 10.3. The lowest BCUT2D eigenvalue weighted by molar-refractivity contribution is 0.160. The minimum absolute atomic E-state index is 0.600. The second-order valence-electron chi connectivity index (χ2n) is 7.18. The van der Waals surface area contributed by atoms with E-state index in [1.165, 1.54) is 95.2 Å². The van der Waals surface area contributed by atoms with E-state index in [0.29, 0.717) is 6.10 Å². The van der Waals surface area contributed by atoms with E-state index in [1.807, 2.05) is 0 Å². The van der Waals surface area contributed by atoms with E-state index < -0.39 is 8.32 Å². The molecule has 0 aromatic carbocycles. The maximum absolute atomic E-state index is 6.84. The highest BCUT2D eigenvalue weighted by Crippen LogP contribution is 2.36. The van der Waals surface area contributed by atoms with Crippen molar-refractivity contribution >= 4 is 8.32 Å². The Morgan fingerprint density at radius 1 is 0.762 bits per heavy atom. The number of hydrogen-bond donors (Lipinski definition) is 0. The van der Waals surface area contributed by atoms with Gasteiger partial charge in [-0.2, -0.15) is 0 Å². The summed E-state index contributed by atoms with van der Waals surface area (Å²) < 4.78 is 6.84. The van der Waals surface area contributed by atoms with Crippen LogP contribution in [-0.4, -0.2) is 14.4 Å². The fourth-order valence-corrected chi connectivity index (χ4v) is 7.88. The van der Waals surface area contributed by atoms with Crippen LogP contribution in [0.1, 0.15) is 97.8 Å². The summed E-state index contributed by atoms with van der Waals surface area (Å²) in [4.78, 5) is 0. The highest BCUT2D eigenvalue weighted by Gasteiger charge is 2.38. The molecule has 1 rings (SSSR count). The summed E-state index contributed by atoms with van der Waals surface area (Å²) in [6.45, 7) is 7.00. The van der Waals surface area contributed by atoms with E-state index in [1.54, 1.807) is 0 Å². The topological polar surface area (TPSA) is 9.23 Å². The maximum Gasteiger partial charge on any atom is 0.192 e. The fourth-order valence-electron chi connectivity index (χ4n) is 3.79. The second-order valence-corrected chi connectivity index (χ2v) is 11.5. The predicted octanol–water partition coefficient (Wildman–Crippen LogP) is 7.07. The van der Waals surface area contributed by atoms with Gasteiger partial charge in [-0.05, 0) is 31.0 Å². The molecule has 1 aliphatic heterocycles. The van der Waals surface area contributed by atoms with Crippen LogP contribution in [0.15, 0.2) is 0 Å². The van der Waals surface area contributed by atoms with E-state index >= 15 is 0 Å². The van der Waals surface area contributed by atoms with Gasteiger partial charge in [0.25, 0.3) is 0 Å². The van der Waals surface area contributed by atoms with Gasteiger partial charge in [-0.1, -0.05) is 85.0 Å². The van der Waals surface area contributed by atoms with Crippen LogP contribution in [0.5, 0.6) is 0 Å². The van der Waals surface area contributed by atoms with Crippen LogP contribution in [0.25, 0.3) is 0 Å². The molecule has 1 fully saturated rings. The van der Waals surface area contributed by atoms with Gasteiger partial charge in [-0.15, -0.1) is 0 Å². The van der Waals surface area contributed by atoms with Gasteiger partial charge in [0.2, 0.25) is 0 Å². The summed E-state index contributed by atoms with van der Waals surface area (Å²) in [6.07, 6.45) is 17.2. The molecule has 1 nitrogen and oxygen atoms in total. The molecular formula is C19H40OSi. The average Bonchev–Trinajstić information content (AvgIpc) is 2.96. The number of hydrogen-bond acceptors (Lipinski definition) is 1. The molecule has 0 saturated carbocycles. The Morgan fingerprint density at radius 2 is 1.29 bits per heavy atom. The second kappa shape index (κ2) is 11.7. The molecule has 21 heavy (non-hydrogen) atoms. The van der Waals surface area contributed by atoms with Crippen molar-refractivity contribution in [3.63, 3.8) is 0 Å². The summed E-state index contributed by atoms with van der Waals surface area (Å²) in [7, 11) is -1.30. The zero-order chi connectivity index (χ0) is 15.4. The highest BCUT2D eigenvalue weighted by atomic mass is 28.4. The summed E-state index contributed by atoms with van der Waals surface area (Å²) in [5, 5.41) is 0. The molecule has 1 aliphatic rings. The van der Waals surface area contributed by atoms with Crippen LogP contribution in [0, 0.1) is 0 Å². The Balaban J connectivity index is 2.35. The zero-order valence-corrected chi connectivity index (χ0v) is 16.1. The van der Waals surface area contributed by atoms with Gasteiger partial charge in [0, 0.05) is 6.10 Å². The third kappa shape index (κ3) is 7.83. The summed E-state index contributed by atoms with van der Waals surface area (Å²) in [5.74, 6) is 0. The van der Waals surface area contributed by atoms with E-state index in [-0.39, 0.29) is 0 Å². The smallest absolute Gasteiger partial charge is 0.192 e. The van der Waals surface area contributed by atoms with Crippen LogP contribution in [0.2, 0.25) is 18.1 Å². The Hall–Kier alpha value is 0.177. The molecule has 2 heteroatoms. The molecule has 1 unspecified atom stereocenters. The molecule has 0 aliphatic carbocycles. The normalized spacial score (nSPS) is 19.0. The molecular weight excluding hydrogens is 272 g/mol. The Morgan fingerprint density at radius 3 is 1.86 bits per heavy atom. The van der Waals surface area contributed by atoms with E-state index in [4.69, 9.17) is 4.43 Å². The lowest BCUT2D eigenvalue weighted by Crippen LogP contribution is -2.38. The molecule has 0 bridgehead atoms. The Kier molecular flexibility index (Phi) is 10.7. The van der Waals surface area contributed by atoms with Gasteiger partial charge < -0.3 is 4.43 Å². The molecule has 0 N–H and O–H groups in total. The van der Waals surface area contributed by atoms with Gasteiger partial charge in [-0.25, -0.2) is 0 Å². The van der Waals surface area contributed by atoms with E-state index in [0.717, 1.165) is 0 Å². The van der Waals surface area contributed by atoms with Gasteiger partial charge in [0.1, 0.15) is 0 Å². The molecule has 0 aromatic rings. The maximum atomic E-state index is 6.84. The molecule has 126 valence electrons. The lowest BCUT2D eigenvalue weighted by Gasteiger charge is -2.31. The number of unbranched alkanes of at least 4 members (excludes halogenated alkanes) is 6. The largest absolute Gasteiger partial charge is 0.414 e. The lowest BCUT2D eigenvalue weighted by atomic mass is 10.0.